The Bertz CT molecular complexity index is 396. The lowest BCUT2D eigenvalue weighted by atomic mass is 10.2. The molecule has 86 valence electrons. The minimum absolute atomic E-state index is 0.317. The van der Waals surface area contributed by atoms with Crippen LogP contribution in [0.2, 0.25) is 0 Å². The molecule has 0 fully saturated rings. The topological polar surface area (TPSA) is 60.2 Å². The summed E-state index contributed by atoms with van der Waals surface area (Å²) >= 11 is 0. The minimum Gasteiger partial charge on any atom is -0.393 e. The molecule has 1 heterocycles. The lowest BCUT2D eigenvalue weighted by Gasteiger charge is -2.19. The molecule has 0 aliphatic carbocycles. The lowest BCUT2D eigenvalue weighted by molar-refractivity contribution is 0.187. The van der Waals surface area contributed by atoms with E-state index < -0.39 is 0 Å². The molecule has 4 heteroatoms. The molecule has 0 spiro atoms. The SMILES string of the molecule is Cc1cc(C#N)cc(N(C)CCC(C)O)n1. The van der Waals surface area contributed by atoms with Gasteiger partial charge in [-0.05, 0) is 32.4 Å². The van der Waals surface area contributed by atoms with Crippen molar-refractivity contribution in [2.45, 2.75) is 26.4 Å². The second-order valence-corrected chi connectivity index (χ2v) is 4.03. The molecule has 0 bridgehead atoms. The van der Waals surface area contributed by atoms with Crippen molar-refractivity contribution in [3.05, 3.63) is 23.4 Å². The summed E-state index contributed by atoms with van der Waals surface area (Å²) in [5.41, 5.74) is 1.45. The van der Waals surface area contributed by atoms with Crippen LogP contribution in [0.25, 0.3) is 0 Å². The summed E-state index contributed by atoms with van der Waals surface area (Å²) in [7, 11) is 1.91. The van der Waals surface area contributed by atoms with E-state index >= 15 is 0 Å². The van der Waals surface area contributed by atoms with Crippen molar-refractivity contribution < 1.29 is 5.11 Å². The van der Waals surface area contributed by atoms with Crippen LogP contribution in [-0.4, -0.2) is 29.8 Å². The molecule has 1 unspecified atom stereocenters. The van der Waals surface area contributed by atoms with Crippen LogP contribution in [0, 0.1) is 18.3 Å². The van der Waals surface area contributed by atoms with E-state index in [0.717, 1.165) is 18.1 Å². The van der Waals surface area contributed by atoms with E-state index in [1.807, 2.05) is 18.9 Å². The Kier molecular flexibility index (Phi) is 4.27. The van der Waals surface area contributed by atoms with Gasteiger partial charge in [0.05, 0.1) is 17.7 Å². The van der Waals surface area contributed by atoms with Crippen LogP contribution in [0.1, 0.15) is 24.6 Å². The van der Waals surface area contributed by atoms with Gasteiger partial charge in [0.1, 0.15) is 5.82 Å². The van der Waals surface area contributed by atoms with Crippen LogP contribution >= 0.6 is 0 Å². The number of rotatable bonds is 4. The monoisotopic (exact) mass is 219 g/mol. The summed E-state index contributed by atoms with van der Waals surface area (Å²) in [6.45, 7) is 4.35. The molecular weight excluding hydrogens is 202 g/mol. The van der Waals surface area contributed by atoms with Crippen molar-refractivity contribution in [2.75, 3.05) is 18.5 Å². The summed E-state index contributed by atoms with van der Waals surface area (Å²) in [6, 6.07) is 5.63. The lowest BCUT2D eigenvalue weighted by Crippen LogP contribution is -2.23. The molecule has 0 aliphatic rings. The highest BCUT2D eigenvalue weighted by Gasteiger charge is 2.06. The predicted octanol–water partition coefficient (Wildman–Crippen LogP) is 1.47. The molecular formula is C12H17N3O. The Labute approximate surface area is 96.2 Å². The van der Waals surface area contributed by atoms with Crippen molar-refractivity contribution in [2.24, 2.45) is 0 Å². The molecule has 16 heavy (non-hydrogen) atoms. The van der Waals surface area contributed by atoms with E-state index in [9.17, 15) is 5.11 Å². The van der Waals surface area contributed by atoms with Gasteiger partial charge in [0.2, 0.25) is 0 Å². The molecule has 4 nitrogen and oxygen atoms in total. The number of nitrogens with zero attached hydrogens (tertiary/aromatic N) is 3. The van der Waals surface area contributed by atoms with Gasteiger partial charge in [-0.3, -0.25) is 0 Å². The fraction of sp³-hybridized carbons (Fsp3) is 0.500. The normalized spacial score (nSPS) is 11.9. The Balaban J connectivity index is 2.79. The van der Waals surface area contributed by atoms with Crippen LogP contribution in [0.4, 0.5) is 5.82 Å². The zero-order valence-corrected chi connectivity index (χ0v) is 9.94. The maximum Gasteiger partial charge on any atom is 0.129 e. The first-order valence-electron chi connectivity index (χ1n) is 5.31. The first-order chi connectivity index (χ1) is 7.52. The standard InChI is InChI=1S/C12H17N3O/c1-9-6-11(8-13)7-12(14-9)15(3)5-4-10(2)16/h6-7,10,16H,4-5H2,1-3H3. The van der Waals surface area contributed by atoms with E-state index in [1.54, 1.807) is 19.1 Å². The average Bonchev–Trinajstić information content (AvgIpc) is 2.24. The van der Waals surface area contributed by atoms with Gasteiger partial charge in [-0.15, -0.1) is 0 Å². The van der Waals surface area contributed by atoms with Crippen LogP contribution < -0.4 is 4.90 Å². The highest BCUT2D eigenvalue weighted by Crippen LogP contribution is 2.13. The highest BCUT2D eigenvalue weighted by atomic mass is 16.3. The molecule has 0 aromatic carbocycles. The molecule has 0 saturated heterocycles. The van der Waals surface area contributed by atoms with Gasteiger partial charge in [0, 0.05) is 19.3 Å². The van der Waals surface area contributed by atoms with Gasteiger partial charge >= 0.3 is 0 Å². The quantitative estimate of drug-likeness (QED) is 0.833. The fourth-order valence-corrected chi connectivity index (χ4v) is 1.41. The number of hydrogen-bond donors (Lipinski definition) is 1. The van der Waals surface area contributed by atoms with Gasteiger partial charge in [-0.2, -0.15) is 5.26 Å². The Morgan fingerprint density at radius 1 is 1.56 bits per heavy atom. The smallest absolute Gasteiger partial charge is 0.129 e. The van der Waals surface area contributed by atoms with Crippen molar-refractivity contribution in [3.8, 4) is 6.07 Å². The predicted molar refractivity (Wildman–Crippen MR) is 63.3 cm³/mol. The Morgan fingerprint density at radius 3 is 2.81 bits per heavy atom. The second kappa shape index (κ2) is 5.47. The number of aryl methyl sites for hydroxylation is 1. The largest absolute Gasteiger partial charge is 0.393 e. The molecule has 0 amide bonds. The number of hydrogen-bond acceptors (Lipinski definition) is 4. The second-order valence-electron chi connectivity index (χ2n) is 4.03. The molecule has 1 aromatic heterocycles. The van der Waals surface area contributed by atoms with Crippen LogP contribution in [0.5, 0.6) is 0 Å². The Morgan fingerprint density at radius 2 is 2.25 bits per heavy atom. The molecule has 1 atom stereocenters. The molecule has 0 aliphatic heterocycles. The molecule has 0 radical (unpaired) electrons. The first kappa shape index (κ1) is 12.5. The summed E-state index contributed by atoms with van der Waals surface area (Å²) in [5.74, 6) is 0.775. The zero-order valence-electron chi connectivity index (χ0n) is 9.94. The number of aromatic nitrogens is 1. The fourth-order valence-electron chi connectivity index (χ4n) is 1.41. The van der Waals surface area contributed by atoms with Crippen molar-refractivity contribution >= 4 is 5.82 Å². The minimum atomic E-state index is -0.317. The van der Waals surface area contributed by atoms with Crippen molar-refractivity contribution in [1.29, 1.82) is 5.26 Å². The molecule has 1 aromatic rings. The third-order valence-electron chi connectivity index (χ3n) is 2.34. The number of nitriles is 1. The molecule has 1 rings (SSSR count). The third kappa shape index (κ3) is 3.52. The van der Waals surface area contributed by atoms with Gasteiger partial charge in [0.15, 0.2) is 0 Å². The number of pyridine rings is 1. The summed E-state index contributed by atoms with van der Waals surface area (Å²) in [4.78, 5) is 6.30. The number of aliphatic hydroxyl groups is 1. The van der Waals surface area contributed by atoms with E-state index in [4.69, 9.17) is 5.26 Å². The first-order valence-corrected chi connectivity index (χ1v) is 5.31. The number of anilines is 1. The average molecular weight is 219 g/mol. The summed E-state index contributed by atoms with van der Waals surface area (Å²) < 4.78 is 0. The van der Waals surface area contributed by atoms with Gasteiger partial charge in [-0.1, -0.05) is 0 Å². The summed E-state index contributed by atoms with van der Waals surface area (Å²) in [6.07, 6.45) is 0.372. The van der Waals surface area contributed by atoms with Crippen molar-refractivity contribution in [1.82, 2.24) is 4.98 Å². The summed E-state index contributed by atoms with van der Waals surface area (Å²) in [5, 5.41) is 18.1. The molecule has 1 N–H and O–H groups in total. The van der Waals surface area contributed by atoms with Gasteiger partial charge in [0.25, 0.3) is 0 Å². The van der Waals surface area contributed by atoms with E-state index in [0.29, 0.717) is 12.0 Å². The maximum absolute atomic E-state index is 9.20. The number of aliphatic hydroxyl groups excluding tert-OH is 1. The maximum atomic E-state index is 9.20. The Hall–Kier alpha value is -1.60. The van der Waals surface area contributed by atoms with E-state index in [1.165, 1.54) is 0 Å². The van der Waals surface area contributed by atoms with Crippen LogP contribution in [0.3, 0.4) is 0 Å². The highest BCUT2D eigenvalue weighted by molar-refractivity contribution is 5.45. The third-order valence-corrected chi connectivity index (χ3v) is 2.34. The van der Waals surface area contributed by atoms with Gasteiger partial charge < -0.3 is 10.0 Å². The van der Waals surface area contributed by atoms with E-state index in [-0.39, 0.29) is 6.10 Å². The van der Waals surface area contributed by atoms with Crippen LogP contribution in [-0.2, 0) is 0 Å². The van der Waals surface area contributed by atoms with Crippen LogP contribution in [0.15, 0.2) is 12.1 Å². The van der Waals surface area contributed by atoms with E-state index in [2.05, 4.69) is 11.1 Å². The zero-order chi connectivity index (χ0) is 12.1. The van der Waals surface area contributed by atoms with Gasteiger partial charge in [-0.25, -0.2) is 4.98 Å². The molecule has 0 saturated carbocycles. The van der Waals surface area contributed by atoms with Crippen molar-refractivity contribution in [3.63, 3.8) is 0 Å².